The topological polar surface area (TPSA) is 81.4 Å². The number of benzene rings is 1. The summed E-state index contributed by atoms with van der Waals surface area (Å²) in [6.45, 7) is 10.1. The number of ether oxygens (including phenoxy) is 1. The predicted molar refractivity (Wildman–Crippen MR) is 95.1 cm³/mol. The van der Waals surface area contributed by atoms with Crippen LogP contribution in [0.4, 0.5) is 0 Å². The maximum Gasteiger partial charge on any atom is 0.307 e. The molecule has 1 rings (SSSR count). The number of carbonyl (C=O) groups excluding carboxylic acids is 2. The van der Waals surface area contributed by atoms with Crippen molar-refractivity contribution < 1.29 is 14.3 Å². The van der Waals surface area contributed by atoms with E-state index in [1.807, 2.05) is 51.1 Å². The second-order valence-corrected chi connectivity index (χ2v) is 7.89. The van der Waals surface area contributed by atoms with Gasteiger partial charge in [-0.2, -0.15) is 0 Å². The standard InChI is InChI=1S/C19H30N2O3/c1-18(2,3)15(20)12-21-17(23)19(4,5)11-16(22)24-13-14-9-7-6-8-10-14/h6-10,15H,11-13,20H2,1-5H3,(H,21,23)/t15-/m1/s1. The molecule has 0 radical (unpaired) electrons. The van der Waals surface area contributed by atoms with E-state index in [9.17, 15) is 9.59 Å². The lowest BCUT2D eigenvalue weighted by atomic mass is 9.86. The minimum Gasteiger partial charge on any atom is -0.461 e. The van der Waals surface area contributed by atoms with E-state index in [1.54, 1.807) is 13.8 Å². The fraction of sp³-hybridized carbons (Fsp3) is 0.579. The number of hydrogen-bond donors (Lipinski definition) is 2. The van der Waals surface area contributed by atoms with Crippen molar-refractivity contribution in [1.29, 1.82) is 0 Å². The van der Waals surface area contributed by atoms with Crippen molar-refractivity contribution in [3.8, 4) is 0 Å². The number of rotatable bonds is 7. The fourth-order valence-electron chi connectivity index (χ4n) is 1.98. The molecular weight excluding hydrogens is 304 g/mol. The van der Waals surface area contributed by atoms with Crippen LogP contribution in [0.2, 0.25) is 0 Å². The number of nitrogens with two attached hydrogens (primary N) is 1. The van der Waals surface area contributed by atoms with Crippen LogP contribution in [0.5, 0.6) is 0 Å². The van der Waals surface area contributed by atoms with Gasteiger partial charge < -0.3 is 15.8 Å². The Bertz CT molecular complexity index is 547. The van der Waals surface area contributed by atoms with Crippen molar-refractivity contribution in [3.63, 3.8) is 0 Å². The maximum absolute atomic E-state index is 12.3. The summed E-state index contributed by atoms with van der Waals surface area (Å²) in [7, 11) is 0. The lowest BCUT2D eigenvalue weighted by molar-refractivity contribution is -0.150. The molecule has 0 aromatic heterocycles. The van der Waals surface area contributed by atoms with Crippen LogP contribution in [-0.2, 0) is 20.9 Å². The highest BCUT2D eigenvalue weighted by atomic mass is 16.5. The van der Waals surface area contributed by atoms with Gasteiger partial charge in [0.1, 0.15) is 6.61 Å². The monoisotopic (exact) mass is 334 g/mol. The van der Waals surface area contributed by atoms with Gasteiger partial charge in [-0.1, -0.05) is 65.0 Å². The first-order valence-electron chi connectivity index (χ1n) is 8.26. The van der Waals surface area contributed by atoms with Crippen molar-refractivity contribution in [2.75, 3.05) is 6.54 Å². The molecular formula is C19H30N2O3. The zero-order valence-electron chi connectivity index (χ0n) is 15.4. The molecule has 0 saturated carbocycles. The van der Waals surface area contributed by atoms with Gasteiger partial charge in [-0.25, -0.2) is 0 Å². The molecule has 1 atom stereocenters. The summed E-state index contributed by atoms with van der Waals surface area (Å²) >= 11 is 0. The fourth-order valence-corrected chi connectivity index (χ4v) is 1.98. The molecule has 24 heavy (non-hydrogen) atoms. The summed E-state index contributed by atoms with van der Waals surface area (Å²) in [4.78, 5) is 24.3. The van der Waals surface area contributed by atoms with Crippen molar-refractivity contribution in [1.82, 2.24) is 5.32 Å². The van der Waals surface area contributed by atoms with Gasteiger partial charge >= 0.3 is 5.97 Å². The smallest absolute Gasteiger partial charge is 0.307 e. The van der Waals surface area contributed by atoms with Gasteiger partial charge in [0, 0.05) is 12.6 Å². The van der Waals surface area contributed by atoms with Crippen LogP contribution in [0.3, 0.4) is 0 Å². The van der Waals surface area contributed by atoms with Crippen LogP contribution < -0.4 is 11.1 Å². The molecule has 1 aromatic carbocycles. The van der Waals surface area contributed by atoms with Crippen LogP contribution >= 0.6 is 0 Å². The Morgan fingerprint density at radius 2 is 1.71 bits per heavy atom. The van der Waals surface area contributed by atoms with E-state index in [1.165, 1.54) is 0 Å². The first-order chi connectivity index (χ1) is 11.0. The van der Waals surface area contributed by atoms with E-state index >= 15 is 0 Å². The zero-order chi connectivity index (χ0) is 18.4. The van der Waals surface area contributed by atoms with Crippen LogP contribution in [-0.4, -0.2) is 24.5 Å². The highest BCUT2D eigenvalue weighted by Crippen LogP contribution is 2.22. The molecule has 1 amide bonds. The lowest BCUT2D eigenvalue weighted by Gasteiger charge is -2.29. The first kappa shape index (κ1) is 20.2. The normalized spacial score (nSPS) is 13.2. The number of carbonyl (C=O) groups is 2. The molecule has 0 aliphatic rings. The Labute approximate surface area is 145 Å². The highest BCUT2D eigenvalue weighted by molar-refractivity contribution is 5.86. The van der Waals surface area contributed by atoms with Gasteiger partial charge in [-0.3, -0.25) is 9.59 Å². The quantitative estimate of drug-likeness (QED) is 0.751. The van der Waals surface area contributed by atoms with Crippen LogP contribution in [0, 0.1) is 10.8 Å². The third kappa shape index (κ3) is 6.71. The molecule has 0 heterocycles. The van der Waals surface area contributed by atoms with Crippen LogP contribution in [0.25, 0.3) is 0 Å². The summed E-state index contributed by atoms with van der Waals surface area (Å²) in [6.07, 6.45) is 0.0242. The third-order valence-electron chi connectivity index (χ3n) is 4.04. The predicted octanol–water partition coefficient (Wildman–Crippen LogP) is 2.64. The lowest BCUT2D eigenvalue weighted by Crippen LogP contribution is -2.48. The minimum atomic E-state index is -0.842. The van der Waals surface area contributed by atoms with Gasteiger partial charge in [0.05, 0.1) is 11.8 Å². The Morgan fingerprint density at radius 1 is 1.12 bits per heavy atom. The van der Waals surface area contributed by atoms with E-state index in [4.69, 9.17) is 10.5 Å². The average molecular weight is 334 g/mol. The second kappa shape index (κ2) is 8.29. The summed E-state index contributed by atoms with van der Waals surface area (Å²) < 4.78 is 5.25. The van der Waals surface area contributed by atoms with Gasteiger partial charge in [-0.15, -0.1) is 0 Å². The van der Waals surface area contributed by atoms with E-state index in [0.29, 0.717) is 6.54 Å². The van der Waals surface area contributed by atoms with Crippen molar-refractivity contribution in [2.45, 2.75) is 53.7 Å². The second-order valence-electron chi connectivity index (χ2n) is 7.89. The van der Waals surface area contributed by atoms with Crippen molar-refractivity contribution in [3.05, 3.63) is 35.9 Å². The number of nitrogens with one attached hydrogen (secondary N) is 1. The number of amides is 1. The van der Waals surface area contributed by atoms with Gasteiger partial charge in [-0.05, 0) is 11.0 Å². The van der Waals surface area contributed by atoms with Gasteiger partial charge in [0.15, 0.2) is 0 Å². The summed E-state index contributed by atoms with van der Waals surface area (Å²) in [5, 5.41) is 2.84. The van der Waals surface area contributed by atoms with E-state index in [2.05, 4.69) is 5.32 Å². The van der Waals surface area contributed by atoms with Crippen LogP contribution in [0.1, 0.15) is 46.6 Å². The molecule has 3 N–H and O–H groups in total. The molecule has 5 heteroatoms. The Balaban J connectivity index is 2.46. The highest BCUT2D eigenvalue weighted by Gasteiger charge is 2.32. The van der Waals surface area contributed by atoms with Crippen LogP contribution in [0.15, 0.2) is 30.3 Å². The molecule has 0 aliphatic carbocycles. The van der Waals surface area contributed by atoms with Gasteiger partial charge in [0.25, 0.3) is 0 Å². The molecule has 1 aromatic rings. The number of hydrogen-bond acceptors (Lipinski definition) is 4. The molecule has 0 fully saturated rings. The molecule has 0 bridgehead atoms. The van der Waals surface area contributed by atoms with Gasteiger partial charge in [0.2, 0.25) is 5.91 Å². The summed E-state index contributed by atoms with van der Waals surface area (Å²) in [5.41, 5.74) is 6.04. The molecule has 0 unspecified atom stereocenters. The van der Waals surface area contributed by atoms with E-state index in [-0.39, 0.29) is 36.4 Å². The molecule has 5 nitrogen and oxygen atoms in total. The summed E-state index contributed by atoms with van der Waals surface area (Å²) in [6, 6.07) is 9.30. The third-order valence-corrected chi connectivity index (χ3v) is 4.04. The average Bonchev–Trinajstić information content (AvgIpc) is 2.49. The largest absolute Gasteiger partial charge is 0.461 e. The molecule has 134 valence electrons. The molecule has 0 aliphatic heterocycles. The Hall–Kier alpha value is -1.88. The number of esters is 1. The maximum atomic E-state index is 12.3. The van der Waals surface area contributed by atoms with Crippen molar-refractivity contribution in [2.24, 2.45) is 16.6 Å². The molecule has 0 spiro atoms. The van der Waals surface area contributed by atoms with E-state index in [0.717, 1.165) is 5.56 Å². The summed E-state index contributed by atoms with van der Waals surface area (Å²) in [5.74, 6) is -0.585. The Kier molecular flexibility index (Phi) is 6.96. The molecule has 0 saturated heterocycles. The SMILES string of the molecule is CC(C)(CC(=O)OCc1ccccc1)C(=O)NC[C@@H](N)C(C)(C)C. The zero-order valence-corrected chi connectivity index (χ0v) is 15.4. The Morgan fingerprint density at radius 3 is 2.25 bits per heavy atom. The minimum absolute atomic E-state index is 0.0242. The first-order valence-corrected chi connectivity index (χ1v) is 8.26. The van der Waals surface area contributed by atoms with E-state index < -0.39 is 5.41 Å². The van der Waals surface area contributed by atoms with Crippen molar-refractivity contribution >= 4 is 11.9 Å².